The smallest absolute Gasteiger partial charge is 0.228 e. The topological polar surface area (TPSA) is 332 Å². The number of nitrogens with zero attached hydrogens (tertiary/aromatic N) is 10. The van der Waals surface area contributed by atoms with Crippen LogP contribution >= 0.6 is 0 Å². The van der Waals surface area contributed by atoms with Crippen LogP contribution in [-0.4, -0.2) is 86.5 Å². The van der Waals surface area contributed by atoms with Gasteiger partial charge in [-0.25, -0.2) is 44.9 Å². The van der Waals surface area contributed by atoms with E-state index < -0.39 is 0 Å². The van der Waals surface area contributed by atoms with Crippen molar-refractivity contribution in [1.29, 1.82) is 0 Å². The zero-order valence-corrected chi connectivity index (χ0v) is 67.8. The largest absolute Gasteiger partial charge is 0.495 e. The summed E-state index contributed by atoms with van der Waals surface area (Å²) in [5, 5.41) is 27.1. The molecular weight excluding hydrogens is 1550 g/mol. The zero-order chi connectivity index (χ0) is 84.5. The first-order valence-corrected chi connectivity index (χ1v) is 40.3. The number of aryl methyl sites for hydroxylation is 5. The highest BCUT2D eigenvalue weighted by molar-refractivity contribution is 6.03. The number of carbonyl (C=O) groups is 5. The van der Waals surface area contributed by atoms with Crippen molar-refractivity contribution in [3.05, 3.63) is 336 Å². The molecule has 0 radical (unpaired) electrons. The molecule has 0 spiro atoms. The van der Waals surface area contributed by atoms with E-state index in [0.717, 1.165) is 172 Å². The maximum Gasteiger partial charge on any atom is 0.228 e. The van der Waals surface area contributed by atoms with E-state index in [-0.39, 0.29) is 37.0 Å². The molecular formula is C99H89N19O6. The van der Waals surface area contributed by atoms with Crippen LogP contribution in [-0.2, 0) is 81.8 Å². The fourth-order valence-corrected chi connectivity index (χ4v) is 14.3. The van der Waals surface area contributed by atoms with Crippen molar-refractivity contribution < 1.29 is 28.7 Å². The van der Waals surface area contributed by atoms with E-state index in [2.05, 4.69) is 155 Å². The first kappa shape index (κ1) is 83.0. The summed E-state index contributed by atoms with van der Waals surface area (Å²) < 4.78 is 5.31. The molecule has 0 fully saturated rings. The fourth-order valence-electron chi connectivity index (χ4n) is 14.3. The molecule has 10 aromatic carbocycles. The van der Waals surface area contributed by atoms with Gasteiger partial charge in [0.15, 0.2) is 0 Å². The molecule has 5 aliphatic rings. The minimum absolute atomic E-state index is 0. The first-order chi connectivity index (χ1) is 60.1. The Kier molecular flexibility index (Phi) is 26.0. The number of hydrogen-bond acceptors (Lipinski definition) is 20. The van der Waals surface area contributed by atoms with Gasteiger partial charge in [-0.05, 0) is 178 Å². The van der Waals surface area contributed by atoms with E-state index >= 15 is 0 Å². The monoisotopic (exact) mass is 1640 g/mol. The van der Waals surface area contributed by atoms with Crippen LogP contribution < -0.4 is 52.6 Å². The van der Waals surface area contributed by atoms with Crippen molar-refractivity contribution in [3.8, 4) is 61.5 Å². The predicted molar refractivity (Wildman–Crippen MR) is 489 cm³/mol. The van der Waals surface area contributed by atoms with Crippen LogP contribution in [0.4, 0.5) is 75.0 Å². The third-order valence-corrected chi connectivity index (χ3v) is 21.0. The number of methoxy groups -OCH3 is 1. The van der Waals surface area contributed by atoms with Crippen LogP contribution in [0.1, 0.15) is 77.0 Å². The van der Waals surface area contributed by atoms with Gasteiger partial charge in [0.2, 0.25) is 53.3 Å². The standard InChI is InChI=1S/2C20H18N4O.C20H17N3O.C19H16N4O2.C19H16N4O.CH4/c1-2-13-3-7-17(8-4-13)23-20-21-11-16(12-22-20)14-5-6-15-10-19(25)24-18(15)9-14;1-2-13-4-3-5-17(8-13)23-20-21-11-16(12-22-20)14-6-7-15-10-19(25)24-18(15)9-14;24-20-11-16-8-7-15(10-18(16)23-20)19-13-21-12-17(22-19)9-6-14-4-2-1-3-5-14;1-25-17-5-3-2-4-15(17)23-19-20-10-14(11-21-19)12-6-7-13-9-18(24)22-16(13)8-12;1-12-2-6-16(7-3-12)22-19-20-10-15(11-21-19)13-4-5-14-9-18(24)23-17(14)8-13;/h2*3-9,11-12H,2,10H2,1H3,(H,24,25)(H,21,22,23);1-5,7-8,10,12-13H,6,9,11H2,(H,23,24);2-8,10-11H,9H2,1H3,(H,22,24)(H,20,21,23);2-8,10-11H,9H2,1H3,(H,23,24)(H,20,21,22);1H4. The lowest BCUT2D eigenvalue weighted by Crippen LogP contribution is -2.03. The number of fused-ring (bicyclic) bond motifs is 5. The second-order valence-electron chi connectivity index (χ2n) is 29.7. The molecule has 616 valence electrons. The summed E-state index contributed by atoms with van der Waals surface area (Å²) in [6.45, 7) is 6.31. The van der Waals surface area contributed by atoms with Crippen LogP contribution in [0.3, 0.4) is 0 Å². The van der Waals surface area contributed by atoms with Gasteiger partial charge in [0.25, 0.3) is 0 Å². The summed E-state index contributed by atoms with van der Waals surface area (Å²) in [6, 6.07) is 72.2. The molecule has 25 nitrogen and oxygen atoms in total. The third kappa shape index (κ3) is 21.1. The van der Waals surface area contributed by atoms with Gasteiger partial charge in [0.1, 0.15) is 5.75 Å². The van der Waals surface area contributed by atoms with Gasteiger partial charge in [-0.1, -0.05) is 166 Å². The quantitative estimate of drug-likeness (QED) is 0.0363. The summed E-state index contributed by atoms with van der Waals surface area (Å²) in [5.41, 5.74) is 28.6. The van der Waals surface area contributed by atoms with Crippen LogP contribution in [0.2, 0.25) is 0 Å². The lowest BCUT2D eigenvalue weighted by Gasteiger charge is -2.10. The molecule has 0 saturated carbocycles. The molecule has 5 aliphatic heterocycles. The van der Waals surface area contributed by atoms with E-state index in [1.165, 1.54) is 22.3 Å². The van der Waals surface area contributed by atoms with Gasteiger partial charge in [-0.2, -0.15) is 0 Å². The van der Waals surface area contributed by atoms with E-state index in [4.69, 9.17) is 9.72 Å². The molecule has 20 rings (SSSR count). The Morgan fingerprint density at radius 2 is 0.685 bits per heavy atom. The lowest BCUT2D eigenvalue weighted by molar-refractivity contribution is -0.115. The highest BCUT2D eigenvalue weighted by atomic mass is 16.5. The Balaban J connectivity index is 0.000000120. The first-order valence-electron chi connectivity index (χ1n) is 40.3. The van der Waals surface area contributed by atoms with Crippen molar-refractivity contribution in [1.82, 2.24) is 49.8 Å². The minimum Gasteiger partial charge on any atom is -0.495 e. The number of hydrogen-bond donors (Lipinski definition) is 9. The van der Waals surface area contributed by atoms with Gasteiger partial charge < -0.3 is 52.6 Å². The van der Waals surface area contributed by atoms with Crippen molar-refractivity contribution in [2.24, 2.45) is 0 Å². The zero-order valence-electron chi connectivity index (χ0n) is 67.8. The Bertz CT molecular complexity index is 6380. The average Bonchev–Trinajstić information content (AvgIpc) is 1.79. The van der Waals surface area contributed by atoms with Crippen LogP contribution in [0.5, 0.6) is 5.75 Å². The van der Waals surface area contributed by atoms with Gasteiger partial charge in [-0.15, -0.1) is 0 Å². The Labute approximate surface area is 717 Å². The van der Waals surface area contributed by atoms with E-state index in [0.29, 0.717) is 55.9 Å². The molecule has 10 heterocycles. The van der Waals surface area contributed by atoms with Gasteiger partial charge in [0.05, 0.1) is 62.5 Å². The number of para-hydroxylation sites is 2. The van der Waals surface area contributed by atoms with Crippen molar-refractivity contribution in [2.45, 2.75) is 86.0 Å². The maximum absolute atomic E-state index is 11.5. The molecule has 5 amide bonds. The van der Waals surface area contributed by atoms with Crippen LogP contribution in [0.25, 0.3) is 55.8 Å². The van der Waals surface area contributed by atoms with Crippen molar-refractivity contribution >= 4 is 105 Å². The van der Waals surface area contributed by atoms with Crippen molar-refractivity contribution in [2.75, 3.05) is 55.0 Å². The number of carbonyl (C=O) groups excluding carboxylic acids is 5. The second kappa shape index (κ2) is 38.8. The Morgan fingerprint density at radius 1 is 0.323 bits per heavy atom. The molecule has 15 aromatic rings. The number of nitrogens with one attached hydrogen (secondary N) is 9. The van der Waals surface area contributed by atoms with Crippen LogP contribution in [0.15, 0.2) is 280 Å². The Morgan fingerprint density at radius 3 is 1.10 bits per heavy atom. The molecule has 5 aromatic heterocycles. The molecule has 0 unspecified atom stereocenters. The number of anilines is 13. The van der Waals surface area contributed by atoms with Crippen LogP contribution in [0, 0.1) is 6.92 Å². The number of benzene rings is 10. The molecule has 9 N–H and O–H groups in total. The molecule has 0 saturated heterocycles. The SMILES string of the molecule is C.CCc1ccc(Nc2ncc(-c3ccc4c(c3)NC(=O)C4)cn2)cc1.CCc1cccc(Nc2ncc(-c3ccc4c(c3)NC(=O)C4)cn2)c1.COc1ccccc1Nc1ncc(-c2ccc3c(c2)NC(=O)C3)cn1.Cc1ccc(Nc2ncc(-c3ccc4c(c3)NC(=O)C4)cn2)cc1.O=C1Cc2ccc(-c3cncc(CCc4ccccc4)n3)cc2N1. The third-order valence-electron chi connectivity index (χ3n) is 21.0. The van der Waals surface area contributed by atoms with Crippen molar-refractivity contribution in [3.63, 3.8) is 0 Å². The van der Waals surface area contributed by atoms with Gasteiger partial charge >= 0.3 is 0 Å². The maximum atomic E-state index is 11.5. The number of ether oxygens (including phenoxy) is 1. The second-order valence-corrected chi connectivity index (χ2v) is 29.7. The summed E-state index contributed by atoms with van der Waals surface area (Å²) >= 11 is 0. The highest BCUT2D eigenvalue weighted by Gasteiger charge is 2.24. The van der Waals surface area contributed by atoms with E-state index in [1.807, 2.05) is 183 Å². The molecule has 124 heavy (non-hydrogen) atoms. The summed E-state index contributed by atoms with van der Waals surface area (Å²) in [7, 11) is 1.62. The summed E-state index contributed by atoms with van der Waals surface area (Å²) in [6.07, 6.45) is 23.9. The van der Waals surface area contributed by atoms with E-state index in [1.54, 1.807) is 62.9 Å². The molecule has 25 heteroatoms. The molecule has 0 aliphatic carbocycles. The number of amides is 5. The number of rotatable bonds is 19. The summed E-state index contributed by atoms with van der Waals surface area (Å²) in [5.74, 6) is 3.08. The van der Waals surface area contributed by atoms with Gasteiger partial charge in [0, 0.05) is 129 Å². The number of aromatic nitrogens is 10. The highest BCUT2D eigenvalue weighted by Crippen LogP contribution is 2.36. The molecule has 0 atom stereocenters. The molecule has 0 bridgehead atoms. The fraction of sp³-hybridized carbons (Fsp3) is 0.141. The normalized spacial score (nSPS) is 12.5. The Hall–Kier alpha value is -16.1. The van der Waals surface area contributed by atoms with Gasteiger partial charge in [-0.3, -0.25) is 29.0 Å². The predicted octanol–water partition coefficient (Wildman–Crippen LogP) is 19.0. The lowest BCUT2D eigenvalue weighted by atomic mass is 10.1. The minimum atomic E-state index is 0. The average molecular weight is 1640 g/mol. The summed E-state index contributed by atoms with van der Waals surface area (Å²) in [4.78, 5) is 101. The van der Waals surface area contributed by atoms with E-state index in [9.17, 15) is 24.0 Å².